The summed E-state index contributed by atoms with van der Waals surface area (Å²) in [5.74, 6) is 0.137. The monoisotopic (exact) mass is 968 g/mol. The summed E-state index contributed by atoms with van der Waals surface area (Å²) in [6.45, 7) is 0. The minimum absolute atomic E-state index is 0.137. The quantitative estimate of drug-likeness (QED) is 0.133. The van der Waals surface area contributed by atoms with Crippen molar-refractivity contribution in [2.45, 2.75) is 17.3 Å². The Morgan fingerprint density at radius 2 is 0.789 bits per heavy atom. The molecule has 12 aromatic rings. The van der Waals surface area contributed by atoms with Gasteiger partial charge in [0.25, 0.3) is 0 Å². The van der Waals surface area contributed by atoms with Crippen LogP contribution in [-0.4, -0.2) is 4.57 Å². The van der Waals surface area contributed by atoms with Crippen LogP contribution in [0.1, 0.15) is 45.4 Å². The van der Waals surface area contributed by atoms with Gasteiger partial charge >= 0.3 is 0 Å². The molecule has 2 aliphatic heterocycles. The SMILES string of the molecule is C1=CCC(C2(c3ccccc3)c3cccc4c3-n3c5c(cccc5c5cc(-c6ccc(N(c7ccc(-c8ccccc8)cc7)c7ccc(-c8ccccc8)cc7)cc6)cc2c53)C4(c2ccccc2)c2ccccc2)C=C1. The molecule has 2 unspecified atom stereocenters. The molecule has 0 fully saturated rings. The fourth-order valence-electron chi connectivity index (χ4n) is 13.7. The lowest BCUT2D eigenvalue weighted by molar-refractivity contribution is 0.443. The van der Waals surface area contributed by atoms with E-state index < -0.39 is 10.8 Å². The second-order valence-electron chi connectivity index (χ2n) is 20.7. The molecular formula is C74H52N2. The first-order valence-electron chi connectivity index (χ1n) is 26.7. The van der Waals surface area contributed by atoms with Gasteiger partial charge in [-0.3, -0.25) is 0 Å². The molecule has 1 aromatic heterocycles. The van der Waals surface area contributed by atoms with Crippen molar-refractivity contribution in [3.05, 3.63) is 336 Å². The summed E-state index contributed by atoms with van der Waals surface area (Å²) >= 11 is 0. The maximum Gasteiger partial charge on any atom is 0.0742 e. The summed E-state index contributed by atoms with van der Waals surface area (Å²) in [6, 6.07) is 102. The highest BCUT2D eigenvalue weighted by Crippen LogP contribution is 2.63. The minimum atomic E-state index is -0.589. The zero-order chi connectivity index (χ0) is 50.2. The molecule has 0 N–H and O–H groups in total. The van der Waals surface area contributed by atoms with Crippen LogP contribution in [0.25, 0.3) is 60.9 Å². The topological polar surface area (TPSA) is 8.17 Å². The molecule has 0 bridgehead atoms. The van der Waals surface area contributed by atoms with Gasteiger partial charge in [-0.05, 0) is 133 Å². The summed E-state index contributed by atoms with van der Waals surface area (Å²) in [6.07, 6.45) is 10.3. The Kier molecular flexibility index (Phi) is 10.2. The van der Waals surface area contributed by atoms with E-state index >= 15 is 0 Å². The van der Waals surface area contributed by atoms with Gasteiger partial charge in [0.2, 0.25) is 0 Å². The van der Waals surface area contributed by atoms with Gasteiger partial charge in [-0.2, -0.15) is 0 Å². The van der Waals surface area contributed by atoms with E-state index in [0.717, 1.165) is 23.5 Å². The number of nitrogens with zero attached hydrogens (tertiary/aromatic N) is 2. The van der Waals surface area contributed by atoms with Crippen molar-refractivity contribution >= 4 is 38.9 Å². The van der Waals surface area contributed by atoms with Gasteiger partial charge in [-0.15, -0.1) is 0 Å². The third kappa shape index (κ3) is 6.47. The van der Waals surface area contributed by atoms with Crippen molar-refractivity contribution in [1.29, 1.82) is 0 Å². The van der Waals surface area contributed by atoms with Crippen LogP contribution in [0.15, 0.2) is 297 Å². The van der Waals surface area contributed by atoms with Gasteiger partial charge < -0.3 is 9.47 Å². The second kappa shape index (κ2) is 17.6. The number of aromatic nitrogens is 1. The van der Waals surface area contributed by atoms with E-state index in [1.54, 1.807) is 0 Å². The summed E-state index contributed by atoms with van der Waals surface area (Å²) < 4.78 is 2.69. The van der Waals surface area contributed by atoms with Crippen molar-refractivity contribution in [3.63, 3.8) is 0 Å². The summed E-state index contributed by atoms with van der Waals surface area (Å²) in [5.41, 5.74) is 22.4. The van der Waals surface area contributed by atoms with Crippen molar-refractivity contribution < 1.29 is 0 Å². The van der Waals surface area contributed by atoms with E-state index in [4.69, 9.17) is 0 Å². The Morgan fingerprint density at radius 1 is 0.342 bits per heavy atom. The third-order valence-electron chi connectivity index (χ3n) is 16.9. The first kappa shape index (κ1) is 44.0. The Labute approximate surface area is 444 Å². The highest BCUT2D eigenvalue weighted by Gasteiger charge is 2.54. The van der Waals surface area contributed by atoms with Gasteiger partial charge in [-0.25, -0.2) is 0 Å². The number of allylic oxidation sites excluding steroid dienone is 4. The number of benzene rings is 11. The summed E-state index contributed by atoms with van der Waals surface area (Å²) in [7, 11) is 0. The van der Waals surface area contributed by atoms with Crippen LogP contribution in [0.2, 0.25) is 0 Å². The lowest BCUT2D eigenvalue weighted by Crippen LogP contribution is -2.44. The second-order valence-corrected chi connectivity index (χ2v) is 20.7. The number of para-hydroxylation sites is 2. The Balaban J connectivity index is 0.973. The fourth-order valence-corrected chi connectivity index (χ4v) is 13.7. The largest absolute Gasteiger partial charge is 0.311 e. The van der Waals surface area contributed by atoms with Crippen LogP contribution >= 0.6 is 0 Å². The summed E-state index contributed by atoms with van der Waals surface area (Å²) in [5, 5.41) is 2.55. The molecule has 0 saturated heterocycles. The lowest BCUT2D eigenvalue weighted by Gasteiger charge is -2.49. The zero-order valence-corrected chi connectivity index (χ0v) is 42.0. The number of hydrogen-bond donors (Lipinski definition) is 0. The normalized spacial score (nSPS) is 16.6. The standard InChI is InChI=1S/C74H52N2/c1-7-21-51(22-8-1)53-37-43-61(44-38-53)75(62-45-39-54(40-46-62)52-23-9-2-10-24-52)63-47-41-55(42-48-63)56-49-65-64-33-19-34-66-70(64)76-71(65)69(50-56)74(59-29-15-5-16-30-59,60-31-17-6-18-32-60)68-36-20-35-67(72(68)76)73(66,57-25-11-3-12-26-57)58-27-13-4-14-28-58/h1-31,33-50,60H,32H2. The maximum atomic E-state index is 2.69. The molecule has 0 saturated carbocycles. The van der Waals surface area contributed by atoms with E-state index in [0.29, 0.717) is 0 Å². The van der Waals surface area contributed by atoms with E-state index in [2.05, 4.69) is 307 Å². The van der Waals surface area contributed by atoms with Crippen LogP contribution in [0.5, 0.6) is 0 Å². The molecule has 11 aromatic carbocycles. The minimum Gasteiger partial charge on any atom is -0.311 e. The van der Waals surface area contributed by atoms with Gasteiger partial charge in [0.15, 0.2) is 0 Å². The molecule has 2 atom stereocenters. The average molecular weight is 969 g/mol. The zero-order valence-electron chi connectivity index (χ0n) is 42.0. The Bertz CT molecular complexity index is 4070. The molecule has 2 nitrogen and oxygen atoms in total. The predicted octanol–water partition coefficient (Wildman–Crippen LogP) is 18.7. The fraction of sp³-hybridized carbons (Fsp3) is 0.0541. The highest BCUT2D eigenvalue weighted by atomic mass is 15.1. The number of rotatable bonds is 10. The van der Waals surface area contributed by atoms with Gasteiger partial charge in [0, 0.05) is 27.8 Å². The molecule has 15 rings (SSSR count). The van der Waals surface area contributed by atoms with Crippen molar-refractivity contribution in [2.75, 3.05) is 4.90 Å². The van der Waals surface area contributed by atoms with Crippen molar-refractivity contribution in [3.8, 4) is 39.1 Å². The smallest absolute Gasteiger partial charge is 0.0742 e. The molecule has 2 heteroatoms. The molecule has 3 heterocycles. The van der Waals surface area contributed by atoms with Crippen LogP contribution in [0, 0.1) is 5.92 Å². The molecular weight excluding hydrogens is 917 g/mol. The van der Waals surface area contributed by atoms with E-state index in [1.807, 2.05) is 0 Å². The number of hydrogen-bond acceptors (Lipinski definition) is 1. The van der Waals surface area contributed by atoms with Crippen molar-refractivity contribution in [2.24, 2.45) is 5.92 Å². The lowest BCUT2D eigenvalue weighted by atomic mass is 9.56. The molecule has 1 aliphatic carbocycles. The molecule has 0 spiro atoms. The van der Waals surface area contributed by atoms with Gasteiger partial charge in [0.05, 0.1) is 27.6 Å². The van der Waals surface area contributed by atoms with Crippen LogP contribution in [0.3, 0.4) is 0 Å². The summed E-state index contributed by atoms with van der Waals surface area (Å²) in [4.78, 5) is 2.38. The van der Waals surface area contributed by atoms with Crippen molar-refractivity contribution in [1.82, 2.24) is 4.57 Å². The highest BCUT2D eigenvalue weighted by molar-refractivity contribution is 6.16. The molecule has 0 radical (unpaired) electrons. The first-order chi connectivity index (χ1) is 37.7. The van der Waals surface area contributed by atoms with E-state index in [9.17, 15) is 0 Å². The molecule has 76 heavy (non-hydrogen) atoms. The number of fused-ring (bicyclic) bond motifs is 1. The molecule has 3 aliphatic rings. The Morgan fingerprint density at radius 3 is 1.32 bits per heavy atom. The first-order valence-corrected chi connectivity index (χ1v) is 26.7. The third-order valence-corrected chi connectivity index (χ3v) is 16.9. The average Bonchev–Trinajstić information content (AvgIpc) is 4.04. The van der Waals surface area contributed by atoms with Gasteiger partial charge in [-0.1, -0.05) is 249 Å². The molecule has 358 valence electrons. The van der Waals surface area contributed by atoms with Crippen LogP contribution in [0.4, 0.5) is 17.1 Å². The van der Waals surface area contributed by atoms with Gasteiger partial charge in [0.1, 0.15) is 0 Å². The van der Waals surface area contributed by atoms with Crippen LogP contribution < -0.4 is 4.90 Å². The maximum absolute atomic E-state index is 2.69. The predicted molar refractivity (Wildman–Crippen MR) is 316 cm³/mol. The molecule has 0 amide bonds. The van der Waals surface area contributed by atoms with E-state index in [-0.39, 0.29) is 5.92 Å². The van der Waals surface area contributed by atoms with Crippen LogP contribution in [-0.2, 0) is 10.8 Å². The van der Waals surface area contributed by atoms with E-state index in [1.165, 1.54) is 99.8 Å². The number of anilines is 3. The Hall–Kier alpha value is -9.50.